The van der Waals surface area contributed by atoms with Gasteiger partial charge in [0.25, 0.3) is 0 Å². The Kier molecular flexibility index (Phi) is 4.73. The van der Waals surface area contributed by atoms with E-state index in [0.717, 1.165) is 18.1 Å². The first kappa shape index (κ1) is 12.0. The Morgan fingerprint density at radius 3 is 3.06 bits per heavy atom. The predicted molar refractivity (Wildman–Crippen MR) is 70.9 cm³/mol. The number of ether oxygens (including phenoxy) is 1. The molecule has 0 aromatic heterocycles. The zero-order valence-electron chi connectivity index (χ0n) is 9.95. The molecule has 0 aliphatic carbocycles. The van der Waals surface area contributed by atoms with E-state index < -0.39 is 0 Å². The van der Waals surface area contributed by atoms with Gasteiger partial charge >= 0.3 is 0 Å². The van der Waals surface area contributed by atoms with Crippen LogP contribution in [0.2, 0.25) is 0 Å². The molecule has 1 aromatic carbocycles. The Morgan fingerprint density at radius 2 is 2.31 bits per heavy atom. The number of aryl methyl sites for hydroxylation is 1. The molecule has 1 aromatic rings. The first-order chi connectivity index (χ1) is 7.84. The zero-order chi connectivity index (χ0) is 11.2. The van der Waals surface area contributed by atoms with Gasteiger partial charge in [-0.25, -0.2) is 0 Å². The Balaban J connectivity index is 1.71. The maximum Gasteiger partial charge on any atom is 0.0665 e. The molecule has 2 heteroatoms. The van der Waals surface area contributed by atoms with E-state index >= 15 is 0 Å². The number of hydrogen-bond donors (Lipinski definition) is 0. The molecule has 0 spiro atoms. The molecule has 1 nitrogen and oxygen atoms in total. The summed E-state index contributed by atoms with van der Waals surface area (Å²) in [5.74, 6) is 2.26. The molecule has 0 amide bonds. The number of thioether (sulfide) groups is 1. The molecule has 1 fully saturated rings. The van der Waals surface area contributed by atoms with Crippen LogP contribution in [0.3, 0.4) is 0 Å². The first-order valence-corrected chi connectivity index (χ1v) is 7.25. The zero-order valence-corrected chi connectivity index (χ0v) is 10.8. The van der Waals surface area contributed by atoms with Crippen molar-refractivity contribution in [2.45, 2.75) is 38.0 Å². The van der Waals surface area contributed by atoms with Crippen LogP contribution in [0.1, 0.15) is 30.4 Å². The van der Waals surface area contributed by atoms with Crippen molar-refractivity contribution in [2.75, 3.05) is 12.4 Å². The van der Waals surface area contributed by atoms with E-state index in [9.17, 15) is 0 Å². The van der Waals surface area contributed by atoms with E-state index in [-0.39, 0.29) is 0 Å². The summed E-state index contributed by atoms with van der Waals surface area (Å²) >= 11 is 2.00. The minimum atomic E-state index is 0.503. The van der Waals surface area contributed by atoms with E-state index in [1.54, 1.807) is 0 Å². The summed E-state index contributed by atoms with van der Waals surface area (Å²) < 4.78 is 5.72. The molecule has 2 rings (SSSR count). The number of rotatable bonds is 4. The highest BCUT2D eigenvalue weighted by Gasteiger charge is 2.13. The molecule has 0 radical (unpaired) electrons. The minimum absolute atomic E-state index is 0.503. The van der Waals surface area contributed by atoms with Gasteiger partial charge in [0.15, 0.2) is 0 Å². The fourth-order valence-corrected chi connectivity index (χ4v) is 3.11. The van der Waals surface area contributed by atoms with E-state index in [1.165, 1.54) is 30.4 Å². The summed E-state index contributed by atoms with van der Waals surface area (Å²) in [5.41, 5.74) is 2.79. The Morgan fingerprint density at radius 1 is 1.38 bits per heavy atom. The van der Waals surface area contributed by atoms with Crippen molar-refractivity contribution in [3.8, 4) is 0 Å². The van der Waals surface area contributed by atoms with Gasteiger partial charge in [-0.3, -0.25) is 0 Å². The second-order valence-electron chi connectivity index (χ2n) is 4.49. The lowest BCUT2D eigenvalue weighted by molar-refractivity contribution is 0.0315. The van der Waals surface area contributed by atoms with Crippen molar-refractivity contribution in [3.05, 3.63) is 35.4 Å². The van der Waals surface area contributed by atoms with E-state index in [4.69, 9.17) is 4.74 Å². The summed E-state index contributed by atoms with van der Waals surface area (Å²) in [5, 5.41) is 0. The van der Waals surface area contributed by atoms with Gasteiger partial charge in [0.1, 0.15) is 0 Å². The highest BCUT2D eigenvalue weighted by Crippen LogP contribution is 2.20. The van der Waals surface area contributed by atoms with Crippen LogP contribution in [0.4, 0.5) is 0 Å². The van der Waals surface area contributed by atoms with Crippen LogP contribution in [0.25, 0.3) is 0 Å². The van der Waals surface area contributed by atoms with Crippen LogP contribution in [0, 0.1) is 6.92 Å². The third-order valence-corrected chi connectivity index (χ3v) is 4.07. The second-order valence-corrected chi connectivity index (χ2v) is 5.52. The highest BCUT2D eigenvalue weighted by molar-refractivity contribution is 7.98. The Hall–Kier alpha value is -0.470. The molecule has 1 heterocycles. The van der Waals surface area contributed by atoms with E-state index in [1.807, 2.05) is 11.8 Å². The standard InChI is InChI=1S/C14H20OS/c1-12-5-4-6-13(9-12)10-16-11-14-7-2-3-8-15-14/h4-6,9,14H,2-3,7-8,10-11H2,1H3. The van der Waals surface area contributed by atoms with Crippen molar-refractivity contribution in [2.24, 2.45) is 0 Å². The largest absolute Gasteiger partial charge is 0.377 e. The lowest BCUT2D eigenvalue weighted by Crippen LogP contribution is -2.21. The molecule has 1 unspecified atom stereocenters. The fraction of sp³-hybridized carbons (Fsp3) is 0.571. The third-order valence-electron chi connectivity index (χ3n) is 2.93. The van der Waals surface area contributed by atoms with Crippen LogP contribution >= 0.6 is 11.8 Å². The van der Waals surface area contributed by atoms with Gasteiger partial charge in [-0.1, -0.05) is 29.8 Å². The molecule has 88 valence electrons. The maximum atomic E-state index is 5.72. The predicted octanol–water partition coefficient (Wildman–Crippen LogP) is 3.80. The molecule has 1 atom stereocenters. The maximum absolute atomic E-state index is 5.72. The molecular formula is C14H20OS. The van der Waals surface area contributed by atoms with Crippen LogP contribution in [0.15, 0.2) is 24.3 Å². The second kappa shape index (κ2) is 6.31. The molecule has 1 aliphatic rings. The Bertz CT molecular complexity index is 318. The van der Waals surface area contributed by atoms with Crippen LogP contribution in [-0.4, -0.2) is 18.5 Å². The topological polar surface area (TPSA) is 9.23 Å². The van der Waals surface area contributed by atoms with Gasteiger partial charge < -0.3 is 4.74 Å². The summed E-state index contributed by atoms with van der Waals surface area (Å²) in [4.78, 5) is 0. The lowest BCUT2D eigenvalue weighted by Gasteiger charge is -2.22. The molecule has 1 saturated heterocycles. The quantitative estimate of drug-likeness (QED) is 0.786. The van der Waals surface area contributed by atoms with Gasteiger partial charge in [0, 0.05) is 18.1 Å². The van der Waals surface area contributed by atoms with Gasteiger partial charge in [-0.2, -0.15) is 11.8 Å². The molecule has 0 saturated carbocycles. The monoisotopic (exact) mass is 236 g/mol. The van der Waals surface area contributed by atoms with Crippen molar-refractivity contribution in [3.63, 3.8) is 0 Å². The van der Waals surface area contributed by atoms with Gasteiger partial charge in [-0.15, -0.1) is 0 Å². The van der Waals surface area contributed by atoms with Crippen molar-refractivity contribution < 1.29 is 4.74 Å². The van der Waals surface area contributed by atoms with Crippen LogP contribution in [0.5, 0.6) is 0 Å². The SMILES string of the molecule is Cc1cccc(CSCC2CCCCO2)c1. The average Bonchev–Trinajstić information content (AvgIpc) is 2.30. The number of hydrogen-bond acceptors (Lipinski definition) is 2. The molecule has 16 heavy (non-hydrogen) atoms. The summed E-state index contributed by atoms with van der Waals surface area (Å²) in [7, 11) is 0. The average molecular weight is 236 g/mol. The lowest BCUT2D eigenvalue weighted by atomic mass is 10.1. The fourth-order valence-electron chi connectivity index (χ4n) is 2.05. The van der Waals surface area contributed by atoms with Gasteiger partial charge in [-0.05, 0) is 31.7 Å². The number of benzene rings is 1. The third kappa shape index (κ3) is 3.84. The van der Waals surface area contributed by atoms with Gasteiger partial charge in [0.05, 0.1) is 6.10 Å². The summed E-state index contributed by atoms with van der Waals surface area (Å²) in [6.07, 6.45) is 4.35. The van der Waals surface area contributed by atoms with Crippen molar-refractivity contribution in [1.82, 2.24) is 0 Å². The molecule has 0 N–H and O–H groups in total. The minimum Gasteiger partial charge on any atom is -0.377 e. The summed E-state index contributed by atoms with van der Waals surface area (Å²) in [6, 6.07) is 8.78. The Labute approximate surface area is 103 Å². The van der Waals surface area contributed by atoms with Crippen LogP contribution in [-0.2, 0) is 10.5 Å². The highest BCUT2D eigenvalue weighted by atomic mass is 32.2. The van der Waals surface area contributed by atoms with E-state index in [0.29, 0.717) is 6.10 Å². The van der Waals surface area contributed by atoms with Gasteiger partial charge in [0.2, 0.25) is 0 Å². The molecule has 1 aliphatic heterocycles. The van der Waals surface area contributed by atoms with Crippen molar-refractivity contribution in [1.29, 1.82) is 0 Å². The molecule has 0 bridgehead atoms. The summed E-state index contributed by atoms with van der Waals surface area (Å²) in [6.45, 7) is 3.12. The molecular weight excluding hydrogens is 216 g/mol. The normalized spacial score (nSPS) is 20.9. The van der Waals surface area contributed by atoms with Crippen molar-refractivity contribution >= 4 is 11.8 Å². The van der Waals surface area contributed by atoms with Crippen LogP contribution < -0.4 is 0 Å². The first-order valence-electron chi connectivity index (χ1n) is 6.09. The van der Waals surface area contributed by atoms with E-state index in [2.05, 4.69) is 31.2 Å². The smallest absolute Gasteiger partial charge is 0.0665 e.